The Morgan fingerprint density at radius 2 is 2.58 bits per heavy atom. The molecule has 2 heteroatoms. The Morgan fingerprint density at radius 3 is 3.08 bits per heavy atom. The van der Waals surface area contributed by atoms with Gasteiger partial charge in [-0.15, -0.1) is 12.3 Å². The van der Waals surface area contributed by atoms with Crippen molar-refractivity contribution in [1.29, 1.82) is 0 Å². The lowest BCUT2D eigenvalue weighted by Gasteiger charge is -2.14. The minimum absolute atomic E-state index is 0.423. The van der Waals surface area contributed by atoms with Gasteiger partial charge in [-0.05, 0) is 12.8 Å². The fourth-order valence-corrected chi connectivity index (χ4v) is 1.33. The van der Waals surface area contributed by atoms with E-state index < -0.39 is 0 Å². The van der Waals surface area contributed by atoms with Crippen molar-refractivity contribution < 1.29 is 0 Å². The Balaban J connectivity index is 2.31. The van der Waals surface area contributed by atoms with Crippen LogP contribution in [-0.2, 0) is 0 Å². The van der Waals surface area contributed by atoms with Gasteiger partial charge in [0.15, 0.2) is 0 Å². The summed E-state index contributed by atoms with van der Waals surface area (Å²) in [5, 5.41) is 3.37. The maximum absolute atomic E-state index is 5.25. The van der Waals surface area contributed by atoms with Crippen molar-refractivity contribution in [1.82, 2.24) is 5.32 Å². The third-order valence-electron chi connectivity index (χ3n) is 2.10. The van der Waals surface area contributed by atoms with Gasteiger partial charge in [0, 0.05) is 25.4 Å². The Bertz CT molecular complexity index is 200. The zero-order valence-corrected chi connectivity index (χ0v) is 7.64. The second kappa shape index (κ2) is 4.82. The predicted molar refractivity (Wildman–Crippen MR) is 52.2 cm³/mol. The zero-order chi connectivity index (χ0) is 8.81. The zero-order valence-electron chi connectivity index (χ0n) is 7.64. The molecule has 0 aromatic heterocycles. The highest BCUT2D eigenvalue weighted by atomic mass is 15.0. The molecule has 12 heavy (non-hydrogen) atoms. The van der Waals surface area contributed by atoms with Gasteiger partial charge in [0.2, 0.25) is 0 Å². The molecule has 0 amide bonds. The lowest BCUT2D eigenvalue weighted by molar-refractivity contribution is 0.599. The van der Waals surface area contributed by atoms with E-state index in [0.29, 0.717) is 6.04 Å². The first-order valence-electron chi connectivity index (χ1n) is 4.60. The Morgan fingerprint density at radius 1 is 1.75 bits per heavy atom. The minimum atomic E-state index is 0.423. The average Bonchev–Trinajstić information content (AvgIpc) is 2.56. The quantitative estimate of drug-likeness (QED) is 0.629. The van der Waals surface area contributed by atoms with E-state index in [1.165, 1.54) is 6.42 Å². The van der Waals surface area contributed by atoms with E-state index in [-0.39, 0.29) is 0 Å². The summed E-state index contributed by atoms with van der Waals surface area (Å²) in [6, 6.07) is 0.423. The summed E-state index contributed by atoms with van der Waals surface area (Å²) in [5.41, 5.74) is 0. The average molecular weight is 164 g/mol. The Kier molecular flexibility index (Phi) is 3.66. The largest absolute Gasteiger partial charge is 0.370 e. The van der Waals surface area contributed by atoms with Crippen LogP contribution in [0.5, 0.6) is 0 Å². The molecule has 1 unspecified atom stereocenters. The molecule has 1 rings (SSSR count). The van der Waals surface area contributed by atoms with Crippen LogP contribution >= 0.6 is 0 Å². The van der Waals surface area contributed by atoms with Gasteiger partial charge < -0.3 is 5.32 Å². The van der Waals surface area contributed by atoms with Gasteiger partial charge >= 0.3 is 0 Å². The van der Waals surface area contributed by atoms with Gasteiger partial charge in [0.25, 0.3) is 0 Å². The molecule has 0 aromatic rings. The molecule has 1 N–H and O–H groups in total. The molecule has 0 fully saturated rings. The second-order valence-electron chi connectivity index (χ2n) is 3.09. The summed E-state index contributed by atoms with van der Waals surface area (Å²) in [6.07, 6.45) is 9.41. The van der Waals surface area contributed by atoms with Gasteiger partial charge in [-0.25, -0.2) is 0 Å². The van der Waals surface area contributed by atoms with Crippen LogP contribution in [0.3, 0.4) is 0 Å². The van der Waals surface area contributed by atoms with Gasteiger partial charge in [0.05, 0.1) is 5.84 Å². The van der Waals surface area contributed by atoms with E-state index in [0.717, 1.165) is 31.6 Å². The summed E-state index contributed by atoms with van der Waals surface area (Å²) in [6.45, 7) is 3.12. The van der Waals surface area contributed by atoms with Crippen LogP contribution in [0.2, 0.25) is 0 Å². The van der Waals surface area contributed by atoms with Crippen LogP contribution in [0.25, 0.3) is 0 Å². The van der Waals surface area contributed by atoms with E-state index in [2.05, 4.69) is 23.2 Å². The van der Waals surface area contributed by atoms with Gasteiger partial charge in [0.1, 0.15) is 0 Å². The highest BCUT2D eigenvalue weighted by Gasteiger charge is 2.10. The van der Waals surface area contributed by atoms with Crippen molar-refractivity contribution in [3.05, 3.63) is 0 Å². The van der Waals surface area contributed by atoms with Gasteiger partial charge in [-0.2, -0.15) is 0 Å². The second-order valence-corrected chi connectivity index (χ2v) is 3.09. The first-order valence-corrected chi connectivity index (χ1v) is 4.60. The van der Waals surface area contributed by atoms with Crippen LogP contribution < -0.4 is 5.32 Å². The van der Waals surface area contributed by atoms with E-state index >= 15 is 0 Å². The van der Waals surface area contributed by atoms with Gasteiger partial charge in [-0.1, -0.05) is 6.92 Å². The molecular formula is C10H16N2. The summed E-state index contributed by atoms with van der Waals surface area (Å²) in [7, 11) is 0. The molecule has 1 atom stereocenters. The molecule has 0 aliphatic carbocycles. The third kappa shape index (κ3) is 2.58. The molecule has 0 aromatic carbocycles. The Labute approximate surface area is 74.5 Å². The summed E-state index contributed by atoms with van der Waals surface area (Å²) < 4.78 is 0. The Hall–Kier alpha value is -0.970. The minimum Gasteiger partial charge on any atom is -0.370 e. The molecule has 0 radical (unpaired) electrons. The maximum Gasteiger partial charge on any atom is 0.0966 e. The SMILES string of the molecule is C#CCC(CC)NC1=NCCC1. The molecule has 1 aliphatic heterocycles. The molecule has 1 heterocycles. The van der Waals surface area contributed by atoms with Crippen LogP contribution in [0, 0.1) is 12.3 Å². The number of aliphatic imine (C=N–C) groups is 1. The normalized spacial score (nSPS) is 18.2. The van der Waals surface area contributed by atoms with E-state index in [1.54, 1.807) is 0 Å². The molecular weight excluding hydrogens is 148 g/mol. The van der Waals surface area contributed by atoms with Crippen LogP contribution in [-0.4, -0.2) is 18.4 Å². The van der Waals surface area contributed by atoms with E-state index in [4.69, 9.17) is 6.42 Å². The van der Waals surface area contributed by atoms with Crippen molar-refractivity contribution in [3.8, 4) is 12.3 Å². The molecule has 2 nitrogen and oxygen atoms in total. The fourth-order valence-electron chi connectivity index (χ4n) is 1.33. The first-order chi connectivity index (χ1) is 5.86. The summed E-state index contributed by atoms with van der Waals surface area (Å²) >= 11 is 0. The lowest BCUT2D eigenvalue weighted by Crippen LogP contribution is -2.32. The monoisotopic (exact) mass is 164 g/mol. The number of nitrogens with one attached hydrogen (secondary N) is 1. The maximum atomic E-state index is 5.25. The summed E-state index contributed by atoms with van der Waals surface area (Å²) in [4.78, 5) is 4.34. The number of nitrogens with zero attached hydrogens (tertiary/aromatic N) is 1. The highest BCUT2D eigenvalue weighted by Crippen LogP contribution is 2.04. The van der Waals surface area contributed by atoms with Crippen LogP contribution in [0.15, 0.2) is 4.99 Å². The fraction of sp³-hybridized carbons (Fsp3) is 0.700. The number of hydrogen-bond donors (Lipinski definition) is 1. The number of hydrogen-bond acceptors (Lipinski definition) is 2. The standard InChI is InChI=1S/C10H16N2/c1-3-6-9(4-2)12-10-7-5-8-11-10/h1,9H,4-8H2,2H3,(H,11,12). The molecule has 0 bridgehead atoms. The van der Waals surface area contributed by atoms with Crippen molar-refractivity contribution in [2.75, 3.05) is 6.54 Å². The molecule has 66 valence electrons. The van der Waals surface area contributed by atoms with Crippen molar-refractivity contribution >= 4 is 5.84 Å². The summed E-state index contributed by atoms with van der Waals surface area (Å²) in [5.74, 6) is 3.83. The first kappa shape index (κ1) is 9.12. The molecule has 1 aliphatic rings. The molecule has 0 spiro atoms. The smallest absolute Gasteiger partial charge is 0.0966 e. The van der Waals surface area contributed by atoms with Crippen LogP contribution in [0.4, 0.5) is 0 Å². The van der Waals surface area contributed by atoms with E-state index in [9.17, 15) is 0 Å². The number of rotatable bonds is 3. The lowest BCUT2D eigenvalue weighted by atomic mass is 10.1. The molecule has 0 saturated carbocycles. The van der Waals surface area contributed by atoms with Crippen molar-refractivity contribution in [2.24, 2.45) is 4.99 Å². The van der Waals surface area contributed by atoms with Crippen molar-refractivity contribution in [2.45, 2.75) is 38.6 Å². The van der Waals surface area contributed by atoms with E-state index in [1.807, 2.05) is 0 Å². The number of terminal acetylenes is 1. The highest BCUT2D eigenvalue weighted by molar-refractivity contribution is 5.83. The van der Waals surface area contributed by atoms with Crippen molar-refractivity contribution in [3.63, 3.8) is 0 Å². The third-order valence-corrected chi connectivity index (χ3v) is 2.10. The number of amidine groups is 1. The molecule has 0 saturated heterocycles. The van der Waals surface area contributed by atoms with Crippen LogP contribution in [0.1, 0.15) is 32.6 Å². The predicted octanol–water partition coefficient (Wildman–Crippen LogP) is 1.57. The van der Waals surface area contributed by atoms with Gasteiger partial charge in [-0.3, -0.25) is 4.99 Å². The topological polar surface area (TPSA) is 24.4 Å².